The molecule has 0 atom stereocenters. The normalized spacial score (nSPS) is 34.6. The molecule has 1 amide bonds. The highest BCUT2D eigenvalue weighted by atomic mass is 16.1. The second kappa shape index (κ2) is 5.43. The molecule has 0 aromatic heterocycles. The summed E-state index contributed by atoms with van der Waals surface area (Å²) in [6, 6.07) is 0.723. The lowest BCUT2D eigenvalue weighted by Crippen LogP contribution is -2.66. The summed E-state index contributed by atoms with van der Waals surface area (Å²) in [5, 5.41) is 3.21. The molecule has 2 heterocycles. The van der Waals surface area contributed by atoms with Crippen molar-refractivity contribution in [1.82, 2.24) is 5.32 Å². The molecule has 0 aromatic carbocycles. The molecule has 0 aliphatic carbocycles. The molecule has 0 radical (unpaired) electrons. The van der Waals surface area contributed by atoms with Crippen molar-refractivity contribution < 1.29 is 9.28 Å². The smallest absolute Gasteiger partial charge is 0.222 e. The molecule has 0 aromatic rings. The lowest BCUT2D eigenvalue weighted by atomic mass is 9.71. The average Bonchev–Trinajstić information content (AvgIpc) is 2.36. The minimum Gasteiger partial charge on any atom is -0.355 e. The molecule has 0 unspecified atom stereocenters. The van der Waals surface area contributed by atoms with Crippen molar-refractivity contribution in [2.24, 2.45) is 11.3 Å². The van der Waals surface area contributed by atoms with Crippen molar-refractivity contribution >= 4 is 5.91 Å². The van der Waals surface area contributed by atoms with Gasteiger partial charge in [0.05, 0.1) is 25.7 Å². The Morgan fingerprint density at radius 2 is 1.74 bits per heavy atom. The molecule has 19 heavy (non-hydrogen) atoms. The summed E-state index contributed by atoms with van der Waals surface area (Å²) in [4.78, 5) is 11.8. The second-order valence-corrected chi connectivity index (χ2v) is 7.50. The van der Waals surface area contributed by atoms with Crippen LogP contribution < -0.4 is 5.32 Å². The molecule has 3 nitrogen and oxygen atoms in total. The summed E-state index contributed by atoms with van der Waals surface area (Å²) in [5.41, 5.74) is 0.380. The van der Waals surface area contributed by atoms with Crippen molar-refractivity contribution in [1.29, 1.82) is 0 Å². The highest BCUT2D eigenvalue weighted by Crippen LogP contribution is 2.43. The van der Waals surface area contributed by atoms with E-state index in [-0.39, 0.29) is 11.8 Å². The van der Waals surface area contributed by atoms with E-state index in [0.29, 0.717) is 5.41 Å². The minimum atomic E-state index is 0.105. The number of amides is 1. The quantitative estimate of drug-likeness (QED) is 0.779. The standard InChI is InChI=1S/C16H30N2O/c1-13(2)15(19)17-11-16-7-5-9-18(12-16,14(3)4)10-6-8-16/h13-14H,5-12H2,1-4H3/p+1. The van der Waals surface area contributed by atoms with Crippen molar-refractivity contribution in [2.75, 3.05) is 26.2 Å². The van der Waals surface area contributed by atoms with Gasteiger partial charge in [-0.2, -0.15) is 0 Å². The molecule has 2 bridgehead atoms. The first-order chi connectivity index (χ1) is 8.89. The van der Waals surface area contributed by atoms with Gasteiger partial charge in [-0.25, -0.2) is 0 Å². The molecule has 0 spiro atoms. The van der Waals surface area contributed by atoms with Crippen LogP contribution in [0.4, 0.5) is 0 Å². The zero-order valence-electron chi connectivity index (χ0n) is 13.2. The Bertz CT molecular complexity index is 326. The highest BCUT2D eigenvalue weighted by molar-refractivity contribution is 5.77. The molecule has 2 aliphatic heterocycles. The Kier molecular flexibility index (Phi) is 4.24. The molecule has 1 N–H and O–H groups in total. The van der Waals surface area contributed by atoms with Crippen molar-refractivity contribution in [2.45, 2.75) is 59.4 Å². The fourth-order valence-electron chi connectivity index (χ4n) is 4.17. The fourth-order valence-corrected chi connectivity index (χ4v) is 4.17. The maximum atomic E-state index is 11.8. The number of hydrogen-bond acceptors (Lipinski definition) is 1. The van der Waals surface area contributed by atoms with Gasteiger partial charge < -0.3 is 9.80 Å². The zero-order valence-corrected chi connectivity index (χ0v) is 13.2. The van der Waals surface area contributed by atoms with Crippen LogP contribution in [0.3, 0.4) is 0 Å². The van der Waals surface area contributed by atoms with E-state index in [0.717, 1.165) is 12.6 Å². The maximum absolute atomic E-state index is 11.8. The average molecular weight is 267 g/mol. The van der Waals surface area contributed by atoms with Crippen LogP contribution >= 0.6 is 0 Å². The highest BCUT2D eigenvalue weighted by Gasteiger charge is 2.49. The molecule has 2 fully saturated rings. The van der Waals surface area contributed by atoms with Crippen LogP contribution in [0.25, 0.3) is 0 Å². The number of rotatable bonds is 4. The van der Waals surface area contributed by atoms with Crippen LogP contribution in [0.2, 0.25) is 0 Å². The van der Waals surface area contributed by atoms with Gasteiger partial charge in [-0.3, -0.25) is 4.79 Å². The van der Waals surface area contributed by atoms with Gasteiger partial charge in [-0.1, -0.05) is 13.8 Å². The summed E-state index contributed by atoms with van der Waals surface area (Å²) >= 11 is 0. The van der Waals surface area contributed by atoms with Crippen LogP contribution in [-0.4, -0.2) is 42.6 Å². The first-order valence-corrected chi connectivity index (χ1v) is 8.03. The summed E-state index contributed by atoms with van der Waals surface area (Å²) in [7, 11) is 0. The second-order valence-electron chi connectivity index (χ2n) is 7.50. The van der Waals surface area contributed by atoms with Gasteiger partial charge in [0.1, 0.15) is 0 Å². The maximum Gasteiger partial charge on any atom is 0.222 e. The van der Waals surface area contributed by atoms with Crippen LogP contribution in [0.1, 0.15) is 53.4 Å². The number of nitrogens with one attached hydrogen (secondary N) is 1. The van der Waals surface area contributed by atoms with E-state index in [1.165, 1.54) is 49.8 Å². The first-order valence-electron chi connectivity index (χ1n) is 8.03. The third-order valence-corrected chi connectivity index (χ3v) is 5.53. The first kappa shape index (κ1) is 14.8. The van der Waals surface area contributed by atoms with E-state index in [9.17, 15) is 4.79 Å². The Balaban J connectivity index is 2.04. The van der Waals surface area contributed by atoms with Crippen LogP contribution in [-0.2, 0) is 4.79 Å². The lowest BCUT2D eigenvalue weighted by Gasteiger charge is -2.56. The minimum absolute atomic E-state index is 0.105. The summed E-state index contributed by atoms with van der Waals surface area (Å²) < 4.78 is 1.29. The van der Waals surface area contributed by atoms with Gasteiger partial charge in [-0.15, -0.1) is 0 Å². The molecular formula is C16H31N2O+. The van der Waals surface area contributed by atoms with E-state index >= 15 is 0 Å². The fraction of sp³-hybridized carbons (Fsp3) is 0.938. The lowest BCUT2D eigenvalue weighted by molar-refractivity contribution is -0.963. The van der Waals surface area contributed by atoms with Crippen LogP contribution in [0.5, 0.6) is 0 Å². The molecule has 0 saturated carbocycles. The van der Waals surface area contributed by atoms with Crippen molar-refractivity contribution in [3.8, 4) is 0 Å². The SMILES string of the molecule is CC(C)C(=O)NCC12CCC[N+](C(C)C)(CCC1)C2. The predicted octanol–water partition coefficient (Wildman–Crippen LogP) is 2.56. The molecule has 2 aliphatic rings. The van der Waals surface area contributed by atoms with E-state index < -0.39 is 0 Å². The van der Waals surface area contributed by atoms with Gasteiger partial charge in [0.2, 0.25) is 5.91 Å². The predicted molar refractivity (Wildman–Crippen MR) is 78.7 cm³/mol. The third-order valence-electron chi connectivity index (χ3n) is 5.53. The van der Waals surface area contributed by atoms with E-state index in [2.05, 4.69) is 19.2 Å². The summed E-state index contributed by atoms with van der Waals surface area (Å²) in [6.07, 6.45) is 5.27. The summed E-state index contributed by atoms with van der Waals surface area (Å²) in [6.45, 7) is 13.6. The molecule has 3 heteroatoms. The third kappa shape index (κ3) is 2.96. The van der Waals surface area contributed by atoms with Crippen LogP contribution in [0.15, 0.2) is 0 Å². The topological polar surface area (TPSA) is 29.1 Å². The van der Waals surface area contributed by atoms with Gasteiger partial charge in [0.15, 0.2) is 0 Å². The number of fused-ring (bicyclic) bond motifs is 2. The number of carbonyl (C=O) groups excluding carboxylic acids is 1. The van der Waals surface area contributed by atoms with Crippen molar-refractivity contribution in [3.05, 3.63) is 0 Å². The van der Waals surface area contributed by atoms with E-state index in [1.807, 2.05) is 13.8 Å². The number of nitrogens with zero attached hydrogens (tertiary/aromatic N) is 1. The summed E-state index contributed by atoms with van der Waals surface area (Å²) in [5.74, 6) is 0.320. The molecule has 110 valence electrons. The van der Waals surface area contributed by atoms with E-state index in [1.54, 1.807) is 0 Å². The van der Waals surface area contributed by atoms with E-state index in [4.69, 9.17) is 0 Å². The van der Waals surface area contributed by atoms with Crippen molar-refractivity contribution in [3.63, 3.8) is 0 Å². The van der Waals surface area contributed by atoms with Gasteiger partial charge >= 0.3 is 0 Å². The number of piperidine rings is 2. The van der Waals surface area contributed by atoms with Crippen LogP contribution in [0, 0.1) is 11.3 Å². The van der Waals surface area contributed by atoms with Gasteiger partial charge in [0.25, 0.3) is 0 Å². The molecular weight excluding hydrogens is 236 g/mol. The monoisotopic (exact) mass is 267 g/mol. The van der Waals surface area contributed by atoms with Gasteiger partial charge in [-0.05, 0) is 39.5 Å². The Morgan fingerprint density at radius 3 is 2.21 bits per heavy atom. The number of carbonyl (C=O) groups is 1. The Labute approximate surface area is 118 Å². The van der Waals surface area contributed by atoms with Gasteiger partial charge in [0, 0.05) is 17.9 Å². The zero-order chi connectivity index (χ0) is 14.1. The number of quaternary nitrogens is 1. The molecule has 2 rings (SSSR count). The largest absolute Gasteiger partial charge is 0.355 e. The molecule has 2 saturated heterocycles. The Morgan fingerprint density at radius 1 is 1.16 bits per heavy atom. The number of hydrogen-bond donors (Lipinski definition) is 1. The Hall–Kier alpha value is -0.570.